The van der Waals surface area contributed by atoms with Gasteiger partial charge < -0.3 is 4.74 Å². The molecule has 91 valence electrons. The standard InChI is InChI=1S/C14H18NO2/c16-11-7-13-5-1-2-6-14(13)17-12-10-15-8-3-4-9-15/h1-2,5-6H,3-4,7-10,12H2. The number of rotatable bonds is 6. The summed E-state index contributed by atoms with van der Waals surface area (Å²) in [6.07, 6.45) is 4.83. The summed E-state index contributed by atoms with van der Waals surface area (Å²) in [7, 11) is 0. The van der Waals surface area contributed by atoms with E-state index in [0.717, 1.165) is 17.9 Å². The van der Waals surface area contributed by atoms with Crippen LogP contribution in [0.2, 0.25) is 0 Å². The molecule has 3 nitrogen and oxygen atoms in total. The van der Waals surface area contributed by atoms with Crippen LogP contribution in [0.1, 0.15) is 18.4 Å². The van der Waals surface area contributed by atoms with Crippen molar-refractivity contribution >= 4 is 6.29 Å². The van der Waals surface area contributed by atoms with Crippen LogP contribution in [0.3, 0.4) is 0 Å². The third kappa shape index (κ3) is 3.56. The first-order valence-electron chi connectivity index (χ1n) is 6.18. The lowest BCUT2D eigenvalue weighted by Crippen LogP contribution is -2.25. The third-order valence-corrected chi connectivity index (χ3v) is 3.10. The minimum Gasteiger partial charge on any atom is -0.492 e. The fourth-order valence-corrected chi connectivity index (χ4v) is 2.16. The van der Waals surface area contributed by atoms with Crippen molar-refractivity contribution in [1.29, 1.82) is 0 Å². The van der Waals surface area contributed by atoms with Gasteiger partial charge in [-0.2, -0.15) is 0 Å². The van der Waals surface area contributed by atoms with Crippen molar-refractivity contribution < 1.29 is 9.53 Å². The highest BCUT2D eigenvalue weighted by atomic mass is 16.5. The van der Waals surface area contributed by atoms with E-state index in [1.807, 2.05) is 30.6 Å². The zero-order chi connectivity index (χ0) is 11.9. The van der Waals surface area contributed by atoms with Gasteiger partial charge in [0, 0.05) is 18.5 Å². The SMILES string of the molecule is O=[C]Cc1ccccc1OCCN1CCCC1. The number of benzene rings is 1. The van der Waals surface area contributed by atoms with Crippen LogP contribution in [-0.4, -0.2) is 37.4 Å². The number of hydrogen-bond donors (Lipinski definition) is 0. The number of nitrogens with zero attached hydrogens (tertiary/aromatic N) is 1. The molecule has 1 aliphatic heterocycles. The molecule has 17 heavy (non-hydrogen) atoms. The summed E-state index contributed by atoms with van der Waals surface area (Å²) >= 11 is 0. The second-order valence-electron chi connectivity index (χ2n) is 4.33. The number of para-hydroxylation sites is 1. The quantitative estimate of drug-likeness (QED) is 0.749. The molecule has 0 amide bonds. The van der Waals surface area contributed by atoms with E-state index in [4.69, 9.17) is 4.74 Å². The molecule has 0 N–H and O–H groups in total. The van der Waals surface area contributed by atoms with Gasteiger partial charge in [-0.15, -0.1) is 0 Å². The van der Waals surface area contributed by atoms with Gasteiger partial charge >= 0.3 is 0 Å². The molecule has 1 aromatic carbocycles. The third-order valence-electron chi connectivity index (χ3n) is 3.10. The highest BCUT2D eigenvalue weighted by Gasteiger charge is 2.11. The minimum atomic E-state index is 0.305. The van der Waals surface area contributed by atoms with Gasteiger partial charge in [0.1, 0.15) is 12.4 Å². The van der Waals surface area contributed by atoms with Gasteiger partial charge in [0.15, 0.2) is 0 Å². The molecule has 1 saturated heterocycles. The average molecular weight is 232 g/mol. The van der Waals surface area contributed by atoms with E-state index in [1.54, 1.807) is 0 Å². The largest absolute Gasteiger partial charge is 0.492 e. The van der Waals surface area contributed by atoms with Gasteiger partial charge in [-0.3, -0.25) is 9.69 Å². The van der Waals surface area contributed by atoms with Crippen molar-refractivity contribution in [2.24, 2.45) is 0 Å². The Kier molecular flexibility index (Phi) is 4.56. The molecule has 0 unspecified atom stereocenters. The van der Waals surface area contributed by atoms with Crippen LogP contribution in [-0.2, 0) is 11.2 Å². The molecule has 0 atom stereocenters. The van der Waals surface area contributed by atoms with Crippen LogP contribution in [0.4, 0.5) is 0 Å². The number of carbonyl (C=O) groups excluding carboxylic acids is 1. The van der Waals surface area contributed by atoms with Gasteiger partial charge in [0.2, 0.25) is 6.29 Å². The van der Waals surface area contributed by atoms with Crippen molar-refractivity contribution in [3.63, 3.8) is 0 Å². The summed E-state index contributed by atoms with van der Waals surface area (Å²) < 4.78 is 5.73. The van der Waals surface area contributed by atoms with E-state index in [0.29, 0.717) is 13.0 Å². The van der Waals surface area contributed by atoms with Crippen molar-refractivity contribution in [3.8, 4) is 5.75 Å². The highest BCUT2D eigenvalue weighted by molar-refractivity contribution is 5.58. The molecule has 0 spiro atoms. The van der Waals surface area contributed by atoms with Gasteiger partial charge in [0.05, 0.1) is 0 Å². The molecule has 0 aliphatic carbocycles. The molecule has 0 aromatic heterocycles. The Morgan fingerprint density at radius 3 is 2.76 bits per heavy atom. The second-order valence-corrected chi connectivity index (χ2v) is 4.33. The number of ether oxygens (including phenoxy) is 1. The topological polar surface area (TPSA) is 29.5 Å². The van der Waals surface area contributed by atoms with Crippen LogP contribution in [0.5, 0.6) is 5.75 Å². The van der Waals surface area contributed by atoms with Gasteiger partial charge in [-0.05, 0) is 32.0 Å². The number of hydrogen-bond acceptors (Lipinski definition) is 3. The molecule has 2 rings (SSSR count). The van der Waals surface area contributed by atoms with E-state index < -0.39 is 0 Å². The van der Waals surface area contributed by atoms with Crippen LogP contribution in [0.15, 0.2) is 24.3 Å². The lowest BCUT2D eigenvalue weighted by molar-refractivity contribution is 0.236. The first-order chi connectivity index (χ1) is 8.40. The Morgan fingerprint density at radius 1 is 1.24 bits per heavy atom. The minimum absolute atomic E-state index is 0.305. The van der Waals surface area contributed by atoms with Gasteiger partial charge in [-0.25, -0.2) is 0 Å². The van der Waals surface area contributed by atoms with Crippen molar-refractivity contribution in [1.82, 2.24) is 4.90 Å². The predicted molar refractivity (Wildman–Crippen MR) is 67.0 cm³/mol. The molecular weight excluding hydrogens is 214 g/mol. The summed E-state index contributed by atoms with van der Waals surface area (Å²) in [5.74, 6) is 0.815. The predicted octanol–water partition coefficient (Wildman–Crippen LogP) is 1.81. The first kappa shape index (κ1) is 12.1. The molecule has 1 radical (unpaired) electrons. The average Bonchev–Trinajstić information content (AvgIpc) is 2.85. The van der Waals surface area contributed by atoms with Crippen LogP contribution >= 0.6 is 0 Å². The molecule has 3 heteroatoms. The lowest BCUT2D eigenvalue weighted by Gasteiger charge is -2.16. The first-order valence-corrected chi connectivity index (χ1v) is 6.18. The lowest BCUT2D eigenvalue weighted by atomic mass is 10.1. The molecule has 0 saturated carbocycles. The zero-order valence-electron chi connectivity index (χ0n) is 10.0. The van der Waals surface area contributed by atoms with E-state index in [-0.39, 0.29) is 0 Å². The highest BCUT2D eigenvalue weighted by Crippen LogP contribution is 2.18. The smallest absolute Gasteiger partial charge is 0.203 e. The Balaban J connectivity index is 1.82. The maximum atomic E-state index is 10.4. The van der Waals surface area contributed by atoms with E-state index in [9.17, 15) is 4.79 Å². The Hall–Kier alpha value is -1.35. The fourth-order valence-electron chi connectivity index (χ4n) is 2.16. The van der Waals surface area contributed by atoms with Crippen LogP contribution < -0.4 is 4.74 Å². The molecular formula is C14H18NO2. The maximum Gasteiger partial charge on any atom is 0.203 e. The zero-order valence-corrected chi connectivity index (χ0v) is 10.0. The van der Waals surface area contributed by atoms with E-state index in [1.165, 1.54) is 25.9 Å². The molecule has 1 aliphatic rings. The van der Waals surface area contributed by atoms with E-state index in [2.05, 4.69) is 4.90 Å². The fraction of sp³-hybridized carbons (Fsp3) is 0.500. The van der Waals surface area contributed by atoms with Crippen molar-refractivity contribution in [3.05, 3.63) is 29.8 Å². The Morgan fingerprint density at radius 2 is 2.00 bits per heavy atom. The summed E-state index contributed by atoms with van der Waals surface area (Å²) in [5, 5.41) is 0. The molecule has 1 heterocycles. The van der Waals surface area contributed by atoms with Crippen LogP contribution in [0.25, 0.3) is 0 Å². The summed E-state index contributed by atoms with van der Waals surface area (Å²) in [6, 6.07) is 7.67. The second kappa shape index (κ2) is 6.40. The maximum absolute atomic E-state index is 10.4. The summed E-state index contributed by atoms with van der Waals surface area (Å²) in [4.78, 5) is 12.8. The van der Waals surface area contributed by atoms with Crippen molar-refractivity contribution in [2.75, 3.05) is 26.2 Å². The van der Waals surface area contributed by atoms with Crippen LogP contribution in [0, 0.1) is 0 Å². The monoisotopic (exact) mass is 232 g/mol. The summed E-state index contributed by atoms with van der Waals surface area (Å²) in [6.45, 7) is 4.04. The normalized spacial score (nSPS) is 16.0. The molecule has 1 fully saturated rings. The van der Waals surface area contributed by atoms with Crippen molar-refractivity contribution in [2.45, 2.75) is 19.3 Å². The van der Waals surface area contributed by atoms with Gasteiger partial charge in [0.25, 0.3) is 0 Å². The van der Waals surface area contributed by atoms with E-state index >= 15 is 0 Å². The van der Waals surface area contributed by atoms with Gasteiger partial charge in [-0.1, -0.05) is 18.2 Å². The molecule has 0 bridgehead atoms. The molecule has 1 aromatic rings. The summed E-state index contributed by atoms with van der Waals surface area (Å²) in [5.41, 5.74) is 0.920. The number of likely N-dealkylation sites (tertiary alicyclic amines) is 1. The Bertz CT molecular complexity index is 359. The Labute approximate surface area is 102 Å².